The molecule has 1 aliphatic carbocycles. The molecular weight excluding hydrogens is 216 g/mol. The van der Waals surface area contributed by atoms with E-state index in [4.69, 9.17) is 0 Å². The minimum absolute atomic E-state index is 0.145. The maximum atomic E-state index is 12.2. The predicted molar refractivity (Wildman–Crippen MR) is 63.7 cm³/mol. The highest BCUT2D eigenvalue weighted by molar-refractivity contribution is 6.04. The number of aliphatic carboxylic acids is 1. The fourth-order valence-electron chi connectivity index (χ4n) is 2.54. The van der Waals surface area contributed by atoms with Crippen molar-refractivity contribution in [1.82, 2.24) is 0 Å². The number of carboxylic acids is 1. The average molecular weight is 232 g/mol. The first-order chi connectivity index (χ1) is 8.15. The Labute approximate surface area is 100 Å². The molecule has 0 radical (unpaired) electrons. The van der Waals surface area contributed by atoms with Crippen molar-refractivity contribution in [3.63, 3.8) is 0 Å². The third kappa shape index (κ3) is 2.23. The normalized spacial score (nSPS) is 17.9. The standard InChI is InChI=1S/C14H16O3/c15-12(10-11-6-2-1-3-7-11)14(13(16)17)8-4-5-9-14/h1-3,6-7H,4-5,8-10H2,(H,16,17). The maximum Gasteiger partial charge on any atom is 0.317 e. The van der Waals surface area contributed by atoms with Gasteiger partial charge in [0.05, 0.1) is 0 Å². The van der Waals surface area contributed by atoms with E-state index in [1.165, 1.54) is 0 Å². The topological polar surface area (TPSA) is 54.4 Å². The number of hydrogen-bond donors (Lipinski definition) is 1. The monoisotopic (exact) mass is 232 g/mol. The van der Waals surface area contributed by atoms with Gasteiger partial charge in [-0.05, 0) is 18.4 Å². The van der Waals surface area contributed by atoms with Gasteiger partial charge in [0.1, 0.15) is 5.41 Å². The van der Waals surface area contributed by atoms with E-state index >= 15 is 0 Å². The number of ketones is 1. The molecule has 1 saturated carbocycles. The lowest BCUT2D eigenvalue weighted by Crippen LogP contribution is -2.37. The second-order valence-electron chi connectivity index (χ2n) is 4.68. The fraction of sp³-hybridized carbons (Fsp3) is 0.429. The van der Waals surface area contributed by atoms with Crippen LogP contribution in [0.5, 0.6) is 0 Å². The van der Waals surface area contributed by atoms with Crippen LogP contribution in [0.3, 0.4) is 0 Å². The highest BCUT2D eigenvalue weighted by Gasteiger charge is 2.47. The van der Waals surface area contributed by atoms with Gasteiger partial charge in [0.15, 0.2) is 5.78 Å². The van der Waals surface area contributed by atoms with E-state index in [-0.39, 0.29) is 12.2 Å². The molecule has 0 aliphatic heterocycles. The van der Waals surface area contributed by atoms with Crippen LogP contribution in [-0.2, 0) is 16.0 Å². The molecule has 1 aromatic rings. The van der Waals surface area contributed by atoms with Gasteiger partial charge in [0, 0.05) is 6.42 Å². The van der Waals surface area contributed by atoms with E-state index < -0.39 is 11.4 Å². The van der Waals surface area contributed by atoms with Crippen LogP contribution in [0.1, 0.15) is 31.2 Å². The largest absolute Gasteiger partial charge is 0.480 e. The molecule has 3 nitrogen and oxygen atoms in total. The average Bonchev–Trinajstić information content (AvgIpc) is 2.80. The SMILES string of the molecule is O=C(O)C1(C(=O)Cc2ccccc2)CCCC1. The summed E-state index contributed by atoms with van der Waals surface area (Å²) in [6.07, 6.45) is 2.90. The van der Waals surface area contributed by atoms with Crippen molar-refractivity contribution in [3.8, 4) is 0 Å². The molecule has 1 aliphatic rings. The Kier molecular flexibility index (Phi) is 3.27. The van der Waals surface area contributed by atoms with E-state index in [0.29, 0.717) is 12.8 Å². The van der Waals surface area contributed by atoms with Crippen LogP contribution in [0.25, 0.3) is 0 Å². The van der Waals surface area contributed by atoms with Crippen LogP contribution in [0.4, 0.5) is 0 Å². The van der Waals surface area contributed by atoms with Crippen LogP contribution in [-0.4, -0.2) is 16.9 Å². The van der Waals surface area contributed by atoms with E-state index in [0.717, 1.165) is 18.4 Å². The Hall–Kier alpha value is -1.64. The van der Waals surface area contributed by atoms with Crippen molar-refractivity contribution in [1.29, 1.82) is 0 Å². The molecule has 1 fully saturated rings. The number of carbonyl (C=O) groups is 2. The molecule has 0 saturated heterocycles. The molecule has 0 heterocycles. The molecular formula is C14H16O3. The van der Waals surface area contributed by atoms with Crippen molar-refractivity contribution in [2.45, 2.75) is 32.1 Å². The zero-order valence-corrected chi connectivity index (χ0v) is 9.69. The van der Waals surface area contributed by atoms with Gasteiger partial charge in [-0.3, -0.25) is 9.59 Å². The van der Waals surface area contributed by atoms with Crippen molar-refractivity contribution >= 4 is 11.8 Å². The third-order valence-corrected chi connectivity index (χ3v) is 3.61. The molecule has 0 bridgehead atoms. The highest BCUT2D eigenvalue weighted by Crippen LogP contribution is 2.40. The summed E-state index contributed by atoms with van der Waals surface area (Å²) in [6.45, 7) is 0. The number of Topliss-reactive ketones (excluding diaryl/α,β-unsaturated/α-hetero) is 1. The summed E-state index contributed by atoms with van der Waals surface area (Å²) in [5.74, 6) is -1.09. The summed E-state index contributed by atoms with van der Waals surface area (Å²) in [7, 11) is 0. The molecule has 0 amide bonds. The first-order valence-electron chi connectivity index (χ1n) is 5.96. The summed E-state index contributed by atoms with van der Waals surface area (Å²) in [6, 6.07) is 9.34. The van der Waals surface area contributed by atoms with Crippen molar-refractivity contribution in [3.05, 3.63) is 35.9 Å². The maximum absolute atomic E-state index is 12.2. The first-order valence-corrected chi connectivity index (χ1v) is 5.96. The van der Waals surface area contributed by atoms with Crippen LogP contribution in [0, 0.1) is 5.41 Å². The smallest absolute Gasteiger partial charge is 0.317 e. The minimum atomic E-state index is -1.12. The molecule has 0 aromatic heterocycles. The number of carboxylic acid groups (broad SMARTS) is 1. The van der Waals surface area contributed by atoms with Gasteiger partial charge < -0.3 is 5.11 Å². The van der Waals surface area contributed by atoms with E-state index in [1.54, 1.807) is 0 Å². The number of hydrogen-bond acceptors (Lipinski definition) is 2. The lowest BCUT2D eigenvalue weighted by atomic mass is 9.79. The zero-order valence-electron chi connectivity index (χ0n) is 9.69. The van der Waals surface area contributed by atoms with Crippen LogP contribution < -0.4 is 0 Å². The van der Waals surface area contributed by atoms with Gasteiger partial charge in [-0.25, -0.2) is 0 Å². The Morgan fingerprint density at radius 2 is 1.71 bits per heavy atom. The van der Waals surface area contributed by atoms with Crippen LogP contribution >= 0.6 is 0 Å². The summed E-state index contributed by atoms with van der Waals surface area (Å²) in [4.78, 5) is 23.5. The number of rotatable bonds is 4. The summed E-state index contributed by atoms with van der Waals surface area (Å²) < 4.78 is 0. The summed E-state index contributed by atoms with van der Waals surface area (Å²) in [5.41, 5.74) is -0.222. The highest BCUT2D eigenvalue weighted by atomic mass is 16.4. The Balaban J connectivity index is 2.16. The molecule has 1 aromatic carbocycles. The molecule has 3 heteroatoms. The molecule has 2 rings (SSSR count). The molecule has 17 heavy (non-hydrogen) atoms. The number of benzene rings is 1. The van der Waals surface area contributed by atoms with E-state index in [2.05, 4.69) is 0 Å². The number of carbonyl (C=O) groups excluding carboxylic acids is 1. The van der Waals surface area contributed by atoms with Gasteiger partial charge in [-0.1, -0.05) is 43.2 Å². The second-order valence-corrected chi connectivity index (χ2v) is 4.68. The second kappa shape index (κ2) is 4.70. The summed E-state index contributed by atoms with van der Waals surface area (Å²) in [5, 5.41) is 9.29. The Bertz CT molecular complexity index is 416. The van der Waals surface area contributed by atoms with Gasteiger partial charge >= 0.3 is 5.97 Å². The fourth-order valence-corrected chi connectivity index (χ4v) is 2.54. The molecule has 1 N–H and O–H groups in total. The molecule has 0 atom stereocenters. The van der Waals surface area contributed by atoms with Crippen LogP contribution in [0.15, 0.2) is 30.3 Å². The summed E-state index contributed by atoms with van der Waals surface area (Å²) >= 11 is 0. The van der Waals surface area contributed by atoms with Crippen molar-refractivity contribution in [2.75, 3.05) is 0 Å². The van der Waals surface area contributed by atoms with Crippen molar-refractivity contribution < 1.29 is 14.7 Å². The van der Waals surface area contributed by atoms with Gasteiger partial charge in [0.25, 0.3) is 0 Å². The Morgan fingerprint density at radius 1 is 1.12 bits per heavy atom. The zero-order chi connectivity index (χ0) is 12.3. The minimum Gasteiger partial charge on any atom is -0.480 e. The molecule has 0 spiro atoms. The van der Waals surface area contributed by atoms with Gasteiger partial charge in [0.2, 0.25) is 0 Å². The molecule has 90 valence electrons. The lowest BCUT2D eigenvalue weighted by Gasteiger charge is -2.21. The van der Waals surface area contributed by atoms with Crippen LogP contribution in [0.2, 0.25) is 0 Å². The first kappa shape index (κ1) is 11.8. The van der Waals surface area contributed by atoms with Gasteiger partial charge in [-0.15, -0.1) is 0 Å². The predicted octanol–water partition coefficient (Wildman–Crippen LogP) is 2.44. The van der Waals surface area contributed by atoms with Crippen molar-refractivity contribution in [2.24, 2.45) is 5.41 Å². The third-order valence-electron chi connectivity index (χ3n) is 3.61. The lowest BCUT2D eigenvalue weighted by molar-refractivity contribution is -0.154. The quantitative estimate of drug-likeness (QED) is 0.811. The van der Waals surface area contributed by atoms with E-state index in [1.807, 2.05) is 30.3 Å². The van der Waals surface area contributed by atoms with Gasteiger partial charge in [-0.2, -0.15) is 0 Å². The molecule has 0 unspecified atom stereocenters. The Morgan fingerprint density at radius 3 is 2.24 bits per heavy atom. The van der Waals surface area contributed by atoms with E-state index in [9.17, 15) is 14.7 Å².